The van der Waals surface area contributed by atoms with Crippen LogP contribution in [0.25, 0.3) is 0 Å². The summed E-state index contributed by atoms with van der Waals surface area (Å²) in [5, 5.41) is 8.96. The van der Waals surface area contributed by atoms with Gasteiger partial charge in [-0.15, -0.1) is 0 Å². The summed E-state index contributed by atoms with van der Waals surface area (Å²) in [6.45, 7) is 4.23. The fourth-order valence-corrected chi connectivity index (χ4v) is 1.81. The highest BCUT2D eigenvalue weighted by Crippen LogP contribution is 2.10. The number of hydrogen-bond acceptors (Lipinski definition) is 2. The van der Waals surface area contributed by atoms with Crippen molar-refractivity contribution in [3.05, 3.63) is 35.6 Å². The third kappa shape index (κ3) is 4.64. The average molecular weight is 281 g/mol. The first-order valence-corrected chi connectivity index (χ1v) is 6.73. The second kappa shape index (κ2) is 7.62. The van der Waals surface area contributed by atoms with E-state index in [2.05, 4.69) is 0 Å². The number of carbonyl (C=O) groups is 2. The molecule has 0 aromatic heterocycles. The summed E-state index contributed by atoms with van der Waals surface area (Å²) < 4.78 is 12.9. The maximum atomic E-state index is 12.9. The summed E-state index contributed by atoms with van der Waals surface area (Å²) >= 11 is 0. The van der Waals surface area contributed by atoms with Gasteiger partial charge in [0, 0.05) is 18.7 Å². The smallest absolute Gasteiger partial charge is 0.308 e. The van der Waals surface area contributed by atoms with Gasteiger partial charge in [0.25, 0.3) is 5.91 Å². The molecule has 0 aliphatic heterocycles. The van der Waals surface area contributed by atoms with E-state index in [-0.39, 0.29) is 12.5 Å². The molecule has 1 aromatic carbocycles. The molecule has 4 nitrogen and oxygen atoms in total. The molecule has 0 bridgehead atoms. The molecule has 0 fully saturated rings. The summed E-state index contributed by atoms with van der Waals surface area (Å²) in [6.07, 6.45) is 1.72. The molecule has 0 saturated heterocycles. The number of amides is 1. The highest BCUT2D eigenvalue weighted by molar-refractivity contribution is 5.94. The Bertz CT molecular complexity index is 459. The molecule has 0 spiro atoms. The largest absolute Gasteiger partial charge is 0.481 e. The Morgan fingerprint density at radius 2 is 1.90 bits per heavy atom. The Balaban J connectivity index is 2.83. The van der Waals surface area contributed by atoms with Gasteiger partial charge in [0.05, 0.1) is 5.92 Å². The quantitative estimate of drug-likeness (QED) is 0.836. The highest BCUT2D eigenvalue weighted by Gasteiger charge is 2.21. The molecule has 110 valence electrons. The first-order chi connectivity index (χ1) is 9.45. The molecule has 0 aliphatic rings. The topological polar surface area (TPSA) is 57.6 Å². The van der Waals surface area contributed by atoms with Crippen LogP contribution < -0.4 is 0 Å². The maximum absolute atomic E-state index is 12.9. The van der Waals surface area contributed by atoms with Crippen LogP contribution in [0.5, 0.6) is 0 Å². The number of carbonyl (C=O) groups excluding carboxylic acids is 1. The lowest BCUT2D eigenvalue weighted by Crippen LogP contribution is -2.37. The highest BCUT2D eigenvalue weighted by atomic mass is 19.1. The van der Waals surface area contributed by atoms with Gasteiger partial charge in [-0.05, 0) is 30.7 Å². The molecule has 0 saturated carbocycles. The van der Waals surface area contributed by atoms with Gasteiger partial charge in [0.1, 0.15) is 5.82 Å². The predicted molar refractivity (Wildman–Crippen MR) is 74.0 cm³/mol. The SMILES string of the molecule is CCCCN(CC(C)C(=O)O)C(=O)c1ccc(F)cc1. The maximum Gasteiger partial charge on any atom is 0.308 e. The molecule has 1 unspecified atom stereocenters. The Morgan fingerprint density at radius 1 is 1.30 bits per heavy atom. The summed E-state index contributed by atoms with van der Waals surface area (Å²) in [5.74, 6) is -2.22. The van der Waals surface area contributed by atoms with E-state index in [0.717, 1.165) is 12.8 Å². The molecule has 5 heteroatoms. The number of halogens is 1. The summed E-state index contributed by atoms with van der Waals surface area (Å²) in [6, 6.07) is 5.29. The van der Waals surface area contributed by atoms with Crippen LogP contribution in [0.1, 0.15) is 37.0 Å². The predicted octanol–water partition coefficient (Wildman–Crippen LogP) is 2.79. The van der Waals surface area contributed by atoms with Gasteiger partial charge in [0.15, 0.2) is 0 Å². The van der Waals surface area contributed by atoms with Crippen molar-refractivity contribution in [3.8, 4) is 0 Å². The van der Waals surface area contributed by atoms with Crippen molar-refractivity contribution in [2.45, 2.75) is 26.7 Å². The van der Waals surface area contributed by atoms with Crippen molar-refractivity contribution in [3.63, 3.8) is 0 Å². The van der Waals surface area contributed by atoms with Gasteiger partial charge < -0.3 is 10.0 Å². The van der Waals surface area contributed by atoms with Crippen molar-refractivity contribution in [1.29, 1.82) is 0 Å². The third-order valence-electron chi connectivity index (χ3n) is 3.08. The molecule has 0 radical (unpaired) electrons. The zero-order valence-corrected chi connectivity index (χ0v) is 11.8. The summed E-state index contributed by atoms with van der Waals surface area (Å²) in [5.41, 5.74) is 0.375. The minimum atomic E-state index is -0.932. The van der Waals surface area contributed by atoms with E-state index in [4.69, 9.17) is 5.11 Å². The van der Waals surface area contributed by atoms with E-state index in [9.17, 15) is 14.0 Å². The van der Waals surface area contributed by atoms with E-state index in [1.165, 1.54) is 29.2 Å². The molecular weight excluding hydrogens is 261 g/mol. The van der Waals surface area contributed by atoms with Crippen molar-refractivity contribution in [1.82, 2.24) is 4.90 Å². The number of rotatable bonds is 7. The monoisotopic (exact) mass is 281 g/mol. The van der Waals surface area contributed by atoms with E-state index in [0.29, 0.717) is 12.1 Å². The number of hydrogen-bond donors (Lipinski definition) is 1. The van der Waals surface area contributed by atoms with Crippen LogP contribution in [0.4, 0.5) is 4.39 Å². The van der Waals surface area contributed by atoms with Crippen molar-refractivity contribution < 1.29 is 19.1 Å². The third-order valence-corrected chi connectivity index (χ3v) is 3.08. The minimum absolute atomic E-state index is 0.158. The molecule has 0 aliphatic carbocycles. The Labute approximate surface area is 118 Å². The van der Waals surface area contributed by atoms with Crippen LogP contribution in [-0.4, -0.2) is 35.0 Å². The average Bonchev–Trinajstić information content (AvgIpc) is 2.43. The zero-order chi connectivity index (χ0) is 15.1. The van der Waals surface area contributed by atoms with Crippen LogP contribution in [0.15, 0.2) is 24.3 Å². The van der Waals surface area contributed by atoms with Crippen LogP contribution in [-0.2, 0) is 4.79 Å². The first-order valence-electron chi connectivity index (χ1n) is 6.73. The number of nitrogens with zero attached hydrogens (tertiary/aromatic N) is 1. The molecule has 1 amide bonds. The number of aliphatic carboxylic acids is 1. The Hall–Kier alpha value is -1.91. The number of carboxylic acids is 1. The van der Waals surface area contributed by atoms with Crippen LogP contribution >= 0.6 is 0 Å². The summed E-state index contributed by atoms with van der Waals surface area (Å²) in [4.78, 5) is 24.8. The molecule has 20 heavy (non-hydrogen) atoms. The fraction of sp³-hybridized carbons (Fsp3) is 0.467. The second-order valence-electron chi connectivity index (χ2n) is 4.85. The van der Waals surface area contributed by atoms with Gasteiger partial charge in [-0.25, -0.2) is 4.39 Å². The van der Waals surface area contributed by atoms with E-state index >= 15 is 0 Å². The van der Waals surface area contributed by atoms with E-state index < -0.39 is 17.7 Å². The van der Waals surface area contributed by atoms with E-state index in [1.807, 2.05) is 6.92 Å². The lowest BCUT2D eigenvalue weighted by molar-refractivity contribution is -0.141. The second-order valence-corrected chi connectivity index (χ2v) is 4.85. The Kier molecular flexibility index (Phi) is 6.15. The normalized spacial score (nSPS) is 11.9. The van der Waals surface area contributed by atoms with Gasteiger partial charge in [-0.2, -0.15) is 0 Å². The van der Waals surface area contributed by atoms with Crippen molar-refractivity contribution in [2.24, 2.45) is 5.92 Å². The van der Waals surface area contributed by atoms with Gasteiger partial charge >= 0.3 is 5.97 Å². The Morgan fingerprint density at radius 3 is 2.40 bits per heavy atom. The fourth-order valence-electron chi connectivity index (χ4n) is 1.81. The van der Waals surface area contributed by atoms with Crippen molar-refractivity contribution >= 4 is 11.9 Å². The molecular formula is C15H20FNO3. The standard InChI is InChI=1S/C15H20FNO3/c1-3-4-9-17(10-11(2)15(19)20)14(18)12-5-7-13(16)8-6-12/h5-8,11H,3-4,9-10H2,1-2H3,(H,19,20). The summed E-state index contributed by atoms with van der Waals surface area (Å²) in [7, 11) is 0. The lowest BCUT2D eigenvalue weighted by atomic mass is 10.1. The first kappa shape index (κ1) is 16.1. The van der Waals surface area contributed by atoms with E-state index in [1.54, 1.807) is 6.92 Å². The van der Waals surface area contributed by atoms with Crippen LogP contribution in [0.3, 0.4) is 0 Å². The molecule has 1 atom stereocenters. The van der Waals surface area contributed by atoms with Gasteiger partial charge in [-0.1, -0.05) is 20.3 Å². The van der Waals surface area contributed by atoms with Crippen molar-refractivity contribution in [2.75, 3.05) is 13.1 Å². The zero-order valence-electron chi connectivity index (χ0n) is 11.8. The van der Waals surface area contributed by atoms with Gasteiger partial charge in [-0.3, -0.25) is 9.59 Å². The lowest BCUT2D eigenvalue weighted by Gasteiger charge is -2.24. The van der Waals surface area contributed by atoms with Gasteiger partial charge in [0.2, 0.25) is 0 Å². The number of unbranched alkanes of at least 4 members (excludes halogenated alkanes) is 1. The number of carboxylic acid groups (broad SMARTS) is 1. The number of benzene rings is 1. The minimum Gasteiger partial charge on any atom is -0.481 e. The molecule has 1 rings (SSSR count). The molecule has 0 heterocycles. The van der Waals surface area contributed by atoms with Crippen LogP contribution in [0, 0.1) is 11.7 Å². The molecule has 1 N–H and O–H groups in total. The molecule has 1 aromatic rings. The van der Waals surface area contributed by atoms with Crippen LogP contribution in [0.2, 0.25) is 0 Å².